The van der Waals surface area contributed by atoms with E-state index in [1.54, 1.807) is 77.9 Å². The van der Waals surface area contributed by atoms with Crippen LogP contribution in [0.1, 0.15) is 53.5 Å². The van der Waals surface area contributed by atoms with Crippen LogP contribution in [0.3, 0.4) is 0 Å². The Morgan fingerprint density at radius 2 is 1.23 bits per heavy atom. The summed E-state index contributed by atoms with van der Waals surface area (Å²) in [4.78, 5) is 66.4. The lowest BCUT2D eigenvalue weighted by molar-refractivity contribution is -0.123. The molecule has 19 nitrogen and oxygen atoms in total. The molecular weight excluding hydrogens is 744 g/mol. The average Bonchev–Trinajstić information content (AvgIpc) is 3.12. The number of ether oxygens (including phenoxy) is 6. The van der Waals surface area contributed by atoms with Crippen molar-refractivity contribution in [3.05, 3.63) is 70.6 Å². The van der Waals surface area contributed by atoms with Gasteiger partial charge in [-0.25, -0.2) is 14.4 Å². The van der Waals surface area contributed by atoms with Crippen LogP contribution in [0.25, 0.3) is 10.4 Å². The molecule has 2 atom stereocenters. The Labute approximate surface area is 332 Å². The molecule has 0 bridgehead atoms. The van der Waals surface area contributed by atoms with Crippen LogP contribution >= 0.6 is 0 Å². The third-order valence-electron chi connectivity index (χ3n) is 7.02. The van der Waals surface area contributed by atoms with Crippen LogP contribution in [0.4, 0.5) is 20.1 Å². The Morgan fingerprint density at radius 3 is 1.81 bits per heavy atom. The summed E-state index contributed by atoms with van der Waals surface area (Å²) >= 11 is 0. The number of para-hydroxylation sites is 1. The number of nitrogens with zero attached hydrogens (tertiary/aromatic N) is 3. The van der Waals surface area contributed by atoms with Gasteiger partial charge in [0, 0.05) is 36.7 Å². The van der Waals surface area contributed by atoms with Crippen LogP contribution in [0, 0.1) is 0 Å². The molecule has 57 heavy (non-hydrogen) atoms. The van der Waals surface area contributed by atoms with E-state index < -0.39 is 53.4 Å². The molecule has 0 aliphatic carbocycles. The van der Waals surface area contributed by atoms with Crippen LogP contribution in [0.5, 0.6) is 5.75 Å². The number of alkyl carbamates (subject to hydrolysis) is 2. The van der Waals surface area contributed by atoms with Crippen LogP contribution in [0.15, 0.2) is 59.7 Å². The minimum absolute atomic E-state index is 0.00975. The normalized spacial score (nSPS) is 12.2. The summed E-state index contributed by atoms with van der Waals surface area (Å²) in [5.74, 6) is -0.764. The zero-order valence-corrected chi connectivity index (χ0v) is 33.5. The third-order valence-corrected chi connectivity index (χ3v) is 7.02. The van der Waals surface area contributed by atoms with Crippen molar-refractivity contribution in [2.24, 2.45) is 5.11 Å². The van der Waals surface area contributed by atoms with Gasteiger partial charge in [-0.3, -0.25) is 9.59 Å². The Kier molecular flexibility index (Phi) is 21.3. The molecule has 5 N–H and O–H groups in total. The Hall–Kier alpha value is -5.62. The lowest BCUT2D eigenvalue weighted by Gasteiger charge is -2.23. The standard InChI is InChI=1S/C38H56N8O11/c1-37(2,3)56-35(50)44-30(32(47)40-18-20-52-22-24-54-25-23-53-21-19-42-46-39)16-17-41-34(49)55-29-14-12-27(13-15-29)26-31(45-36(51)57-38(4,5)6)33(48)43-28-10-8-7-9-11-28/h7-15,30-31H,16-26H2,1-6H3,(H,40,47)(H,41,49)(H,43,48)(H,44,50)(H,45,51). The number of carbonyl (C=O) groups is 5. The van der Waals surface area contributed by atoms with Crippen LogP contribution in [-0.4, -0.2) is 113 Å². The zero-order valence-electron chi connectivity index (χ0n) is 33.5. The van der Waals surface area contributed by atoms with Gasteiger partial charge in [-0.05, 0) is 83.3 Å². The van der Waals surface area contributed by atoms with Crippen molar-refractivity contribution in [2.45, 2.75) is 77.7 Å². The fourth-order valence-corrected chi connectivity index (χ4v) is 4.58. The van der Waals surface area contributed by atoms with Gasteiger partial charge in [-0.1, -0.05) is 35.4 Å². The quantitative estimate of drug-likeness (QED) is 0.0449. The van der Waals surface area contributed by atoms with Gasteiger partial charge in [-0.2, -0.15) is 0 Å². The summed E-state index contributed by atoms with van der Waals surface area (Å²) in [5.41, 5.74) is 7.87. The van der Waals surface area contributed by atoms with Crippen molar-refractivity contribution >= 4 is 35.8 Å². The lowest BCUT2D eigenvalue weighted by atomic mass is 10.0. The third kappa shape index (κ3) is 23.1. The molecule has 19 heteroatoms. The number of anilines is 1. The Balaban J connectivity index is 1.87. The van der Waals surface area contributed by atoms with E-state index in [1.165, 1.54) is 12.1 Å². The maximum absolute atomic E-state index is 13.2. The average molecular weight is 801 g/mol. The number of benzene rings is 2. The molecule has 0 fully saturated rings. The molecule has 0 aliphatic rings. The summed E-state index contributed by atoms with van der Waals surface area (Å²) in [7, 11) is 0. The summed E-state index contributed by atoms with van der Waals surface area (Å²) < 4.78 is 32.1. The Morgan fingerprint density at radius 1 is 0.667 bits per heavy atom. The summed E-state index contributed by atoms with van der Waals surface area (Å²) in [6.07, 6.45) is -2.24. The molecule has 2 aromatic carbocycles. The SMILES string of the molecule is CC(C)(C)OC(=O)NC(CCNC(=O)Oc1ccc(CC(NC(=O)OC(C)(C)C)C(=O)Nc2ccccc2)cc1)C(=O)NCCOCCOCCOCCN=[N+]=[N-]. The van der Waals surface area contributed by atoms with Crippen molar-refractivity contribution in [3.63, 3.8) is 0 Å². The number of carbonyl (C=O) groups excluding carboxylic acids is 5. The molecular formula is C38H56N8O11. The highest BCUT2D eigenvalue weighted by molar-refractivity contribution is 5.96. The molecule has 0 aromatic heterocycles. The predicted octanol–water partition coefficient (Wildman–Crippen LogP) is 4.61. The maximum Gasteiger partial charge on any atom is 0.412 e. The van der Waals surface area contributed by atoms with E-state index in [0.717, 1.165) is 0 Å². The van der Waals surface area contributed by atoms with E-state index in [-0.39, 0.29) is 51.4 Å². The van der Waals surface area contributed by atoms with E-state index >= 15 is 0 Å². The first kappa shape index (κ1) is 47.5. The van der Waals surface area contributed by atoms with Crippen molar-refractivity contribution < 1.29 is 52.4 Å². The topological polar surface area (TPSA) is 250 Å². The number of azide groups is 1. The number of nitrogens with one attached hydrogen (secondary N) is 5. The van der Waals surface area contributed by atoms with Gasteiger partial charge < -0.3 is 55.0 Å². The molecule has 0 saturated heterocycles. The highest BCUT2D eigenvalue weighted by atomic mass is 16.6. The van der Waals surface area contributed by atoms with Crippen molar-refractivity contribution in [2.75, 3.05) is 64.6 Å². The van der Waals surface area contributed by atoms with Gasteiger partial charge in [0.1, 0.15) is 29.0 Å². The zero-order chi connectivity index (χ0) is 42.1. The van der Waals surface area contributed by atoms with E-state index in [4.69, 9.17) is 34.0 Å². The fraction of sp³-hybridized carbons (Fsp3) is 0.553. The van der Waals surface area contributed by atoms with Gasteiger partial charge in [0.05, 0.1) is 39.6 Å². The van der Waals surface area contributed by atoms with E-state index in [0.29, 0.717) is 37.7 Å². The van der Waals surface area contributed by atoms with Gasteiger partial charge in [0.15, 0.2) is 0 Å². The number of amides is 5. The highest BCUT2D eigenvalue weighted by Gasteiger charge is 2.26. The van der Waals surface area contributed by atoms with Crippen LogP contribution in [0.2, 0.25) is 0 Å². The summed E-state index contributed by atoms with van der Waals surface area (Å²) in [5, 5.41) is 16.6. The number of hydrogen-bond donors (Lipinski definition) is 5. The van der Waals surface area contributed by atoms with Crippen molar-refractivity contribution in [1.82, 2.24) is 21.3 Å². The van der Waals surface area contributed by atoms with E-state index in [1.807, 2.05) is 6.07 Å². The molecule has 314 valence electrons. The van der Waals surface area contributed by atoms with Gasteiger partial charge in [0.2, 0.25) is 11.8 Å². The monoisotopic (exact) mass is 800 g/mol. The molecule has 0 radical (unpaired) electrons. The van der Waals surface area contributed by atoms with Crippen LogP contribution in [-0.2, 0) is 39.7 Å². The van der Waals surface area contributed by atoms with Gasteiger partial charge >= 0.3 is 18.3 Å². The summed E-state index contributed by atoms with van der Waals surface area (Å²) in [6, 6.07) is 13.1. The first-order valence-electron chi connectivity index (χ1n) is 18.5. The first-order valence-corrected chi connectivity index (χ1v) is 18.5. The molecule has 0 saturated carbocycles. The lowest BCUT2D eigenvalue weighted by Crippen LogP contribution is -2.50. The Bertz CT molecular complexity index is 1590. The van der Waals surface area contributed by atoms with Crippen LogP contribution < -0.4 is 31.3 Å². The molecule has 2 unspecified atom stereocenters. The minimum Gasteiger partial charge on any atom is -0.444 e. The molecule has 0 spiro atoms. The second-order valence-electron chi connectivity index (χ2n) is 14.3. The predicted molar refractivity (Wildman–Crippen MR) is 210 cm³/mol. The molecule has 2 aromatic rings. The number of hydrogen-bond acceptors (Lipinski definition) is 12. The van der Waals surface area contributed by atoms with Crippen molar-refractivity contribution in [1.29, 1.82) is 0 Å². The van der Waals surface area contributed by atoms with Gasteiger partial charge in [0.25, 0.3) is 0 Å². The smallest absolute Gasteiger partial charge is 0.412 e. The second-order valence-corrected chi connectivity index (χ2v) is 14.3. The van der Waals surface area contributed by atoms with E-state index in [2.05, 4.69) is 36.6 Å². The highest BCUT2D eigenvalue weighted by Crippen LogP contribution is 2.16. The van der Waals surface area contributed by atoms with E-state index in [9.17, 15) is 24.0 Å². The molecule has 2 rings (SSSR count). The largest absolute Gasteiger partial charge is 0.444 e. The molecule has 5 amide bonds. The van der Waals surface area contributed by atoms with Crippen molar-refractivity contribution in [3.8, 4) is 5.75 Å². The maximum atomic E-state index is 13.2. The minimum atomic E-state index is -1.05. The summed E-state index contributed by atoms with van der Waals surface area (Å²) in [6.45, 7) is 12.3. The molecule has 0 aliphatic heterocycles. The second kappa shape index (κ2) is 25.5. The molecule has 0 heterocycles. The van der Waals surface area contributed by atoms with Gasteiger partial charge in [-0.15, -0.1) is 0 Å². The first-order chi connectivity index (χ1) is 27.0. The fourth-order valence-electron chi connectivity index (χ4n) is 4.58. The number of rotatable bonds is 23.